The van der Waals surface area contributed by atoms with Gasteiger partial charge in [-0.15, -0.1) is 11.8 Å². The standard InChI is InChI=1S/C36H35N5O13S/c1-20(43)53-26-15-12-24(16-27(26)54-21(2)44)28(38-34(48)52-18-23-10-13-25(14-11-23)41(49)50)31(45)39-29-32(46)40-30(35(3,4)55-36(29,40)37-19-42)33(47)51-17-22-8-6-5-7-9-22/h5-16,19,28-30H,17-18H2,1-4H3,(H,37,42)(H,38,48)(H,39,45)/t28?,29-,30+,36?/m1/s1. The molecule has 0 spiro atoms. The molecule has 4 atom stereocenters. The Morgan fingerprint density at radius 2 is 1.53 bits per heavy atom. The molecule has 0 aliphatic carbocycles. The third-order valence-electron chi connectivity index (χ3n) is 8.42. The summed E-state index contributed by atoms with van der Waals surface area (Å²) in [5.74, 6) is -4.50. The van der Waals surface area contributed by atoms with Crippen LogP contribution in [0.3, 0.4) is 0 Å². The van der Waals surface area contributed by atoms with Gasteiger partial charge in [0.1, 0.15) is 25.3 Å². The summed E-state index contributed by atoms with van der Waals surface area (Å²) in [6.07, 6.45) is -0.819. The summed E-state index contributed by atoms with van der Waals surface area (Å²) in [5, 5.41) is 18.6. The number of benzene rings is 3. The molecule has 2 aliphatic heterocycles. The molecule has 0 aromatic heterocycles. The van der Waals surface area contributed by atoms with Crippen LogP contribution in [0.5, 0.6) is 11.5 Å². The smallest absolute Gasteiger partial charge is 0.408 e. The fourth-order valence-corrected chi connectivity index (χ4v) is 7.88. The molecule has 288 valence electrons. The van der Waals surface area contributed by atoms with Crippen LogP contribution in [0.2, 0.25) is 0 Å². The maximum Gasteiger partial charge on any atom is 0.408 e. The van der Waals surface area contributed by atoms with Gasteiger partial charge in [0.2, 0.25) is 12.3 Å². The zero-order chi connectivity index (χ0) is 40.1. The summed E-state index contributed by atoms with van der Waals surface area (Å²) in [4.78, 5) is 100. The summed E-state index contributed by atoms with van der Waals surface area (Å²) in [5.41, 5.74) is 0.874. The lowest BCUT2D eigenvalue weighted by Gasteiger charge is -2.53. The molecule has 2 aliphatic rings. The highest BCUT2D eigenvalue weighted by molar-refractivity contribution is 8.02. The summed E-state index contributed by atoms with van der Waals surface area (Å²) in [6, 6.07) is 13.4. The highest BCUT2D eigenvalue weighted by Crippen LogP contribution is 2.57. The highest BCUT2D eigenvalue weighted by atomic mass is 32.2. The van der Waals surface area contributed by atoms with Crippen molar-refractivity contribution >= 4 is 59.7 Å². The van der Waals surface area contributed by atoms with Crippen LogP contribution in [0.1, 0.15) is 50.4 Å². The van der Waals surface area contributed by atoms with Crippen molar-refractivity contribution in [1.82, 2.24) is 20.9 Å². The van der Waals surface area contributed by atoms with Gasteiger partial charge >= 0.3 is 24.0 Å². The molecular weight excluding hydrogens is 742 g/mol. The van der Waals surface area contributed by atoms with E-state index in [0.29, 0.717) is 17.5 Å². The van der Waals surface area contributed by atoms with Gasteiger partial charge in [0.05, 0.1) is 4.92 Å². The van der Waals surface area contributed by atoms with Crippen LogP contribution in [0.15, 0.2) is 72.8 Å². The Morgan fingerprint density at radius 3 is 2.15 bits per heavy atom. The number of hydrogen-bond donors (Lipinski definition) is 3. The van der Waals surface area contributed by atoms with Crippen molar-refractivity contribution in [3.63, 3.8) is 0 Å². The number of carbonyl (C=O) groups excluding carboxylic acids is 7. The van der Waals surface area contributed by atoms with E-state index in [-0.39, 0.29) is 36.0 Å². The van der Waals surface area contributed by atoms with E-state index in [1.54, 1.807) is 44.2 Å². The Morgan fingerprint density at radius 1 is 0.909 bits per heavy atom. The zero-order valence-electron chi connectivity index (χ0n) is 29.8. The molecule has 2 saturated heterocycles. The second-order valence-corrected chi connectivity index (χ2v) is 14.7. The Balaban J connectivity index is 1.41. The number of rotatable bonds is 14. The van der Waals surface area contributed by atoms with Crippen LogP contribution in [-0.4, -0.2) is 73.9 Å². The number of hydrogen-bond acceptors (Lipinski definition) is 14. The Kier molecular flexibility index (Phi) is 11.7. The Labute approximate surface area is 317 Å². The van der Waals surface area contributed by atoms with Gasteiger partial charge in [-0.2, -0.15) is 0 Å². The largest absolute Gasteiger partial charge is 0.459 e. The SMILES string of the molecule is CC(=O)Oc1ccc(C(NC(=O)OCc2ccc([N+](=O)[O-])cc2)C(=O)N[C@@H]2C(=O)N3[C@@H](C(=O)OCc4ccccc4)C(C)(C)SC23NC=O)cc1OC(C)=O. The van der Waals surface area contributed by atoms with Crippen molar-refractivity contribution < 1.29 is 57.4 Å². The van der Waals surface area contributed by atoms with Gasteiger partial charge in [0.25, 0.3) is 11.6 Å². The minimum Gasteiger partial charge on any atom is -0.459 e. The van der Waals surface area contributed by atoms with Gasteiger partial charge in [0.15, 0.2) is 22.5 Å². The summed E-state index contributed by atoms with van der Waals surface area (Å²) >= 11 is 1.04. The Hall–Kier alpha value is -6.50. The second kappa shape index (κ2) is 16.3. The number of nitrogens with one attached hydrogen (secondary N) is 3. The van der Waals surface area contributed by atoms with Crippen molar-refractivity contribution in [3.8, 4) is 11.5 Å². The van der Waals surface area contributed by atoms with Crippen LogP contribution in [-0.2, 0) is 51.5 Å². The number of amides is 4. The van der Waals surface area contributed by atoms with Crippen molar-refractivity contribution in [3.05, 3.63) is 99.6 Å². The fourth-order valence-electron chi connectivity index (χ4n) is 6.09. The number of β-lactam (4-membered cyclic amide) rings is 1. The number of alkyl carbamates (subject to hydrolysis) is 1. The molecule has 3 aromatic carbocycles. The van der Waals surface area contributed by atoms with Gasteiger partial charge < -0.3 is 34.9 Å². The Bertz CT molecular complexity index is 2030. The molecule has 4 amide bonds. The fraction of sp³-hybridized carbons (Fsp3) is 0.306. The number of nitrogens with zero attached hydrogens (tertiary/aromatic N) is 2. The number of nitro benzene ring substituents is 1. The van der Waals surface area contributed by atoms with E-state index in [0.717, 1.165) is 36.6 Å². The number of thioether (sulfide) groups is 1. The molecule has 2 unspecified atom stereocenters. The minimum absolute atomic E-state index is 0.0280. The summed E-state index contributed by atoms with van der Waals surface area (Å²) in [6.45, 7) is 5.11. The van der Waals surface area contributed by atoms with E-state index in [1.807, 2.05) is 0 Å². The van der Waals surface area contributed by atoms with Crippen molar-refractivity contribution in [2.24, 2.45) is 0 Å². The van der Waals surface area contributed by atoms with E-state index in [4.69, 9.17) is 18.9 Å². The first-order valence-electron chi connectivity index (χ1n) is 16.5. The number of non-ortho nitro benzene ring substituents is 1. The number of esters is 3. The van der Waals surface area contributed by atoms with Gasteiger partial charge in [-0.1, -0.05) is 36.4 Å². The molecule has 0 bridgehead atoms. The van der Waals surface area contributed by atoms with Crippen LogP contribution in [0, 0.1) is 10.1 Å². The topological polar surface area (TPSA) is 239 Å². The number of carbonyl (C=O) groups is 7. The first-order valence-corrected chi connectivity index (χ1v) is 17.3. The van der Waals surface area contributed by atoms with E-state index in [1.165, 1.54) is 36.4 Å². The van der Waals surface area contributed by atoms with Crippen LogP contribution < -0.4 is 25.4 Å². The molecule has 3 aromatic rings. The molecule has 18 nitrogen and oxygen atoms in total. The van der Waals surface area contributed by atoms with Gasteiger partial charge in [-0.3, -0.25) is 39.0 Å². The molecule has 0 radical (unpaired) electrons. The third-order valence-corrected chi connectivity index (χ3v) is 10.0. The van der Waals surface area contributed by atoms with Crippen LogP contribution in [0.4, 0.5) is 10.5 Å². The normalized spacial score (nSPS) is 19.7. The number of ether oxygens (including phenoxy) is 4. The second-order valence-electron chi connectivity index (χ2n) is 12.8. The van der Waals surface area contributed by atoms with Gasteiger partial charge in [-0.05, 0) is 54.8 Å². The van der Waals surface area contributed by atoms with E-state index < -0.39 is 68.6 Å². The maximum absolute atomic E-state index is 14.1. The van der Waals surface area contributed by atoms with Gasteiger partial charge in [-0.25, -0.2) is 9.59 Å². The molecule has 0 saturated carbocycles. The quantitative estimate of drug-likeness (QED) is 0.0533. The monoisotopic (exact) mass is 777 g/mol. The average molecular weight is 778 g/mol. The number of fused-ring (bicyclic) bond motifs is 1. The zero-order valence-corrected chi connectivity index (χ0v) is 30.6. The summed E-state index contributed by atoms with van der Waals surface area (Å²) in [7, 11) is 0. The summed E-state index contributed by atoms with van der Waals surface area (Å²) < 4.78 is 20.1. The first kappa shape index (κ1) is 39.7. The first-order chi connectivity index (χ1) is 26.1. The highest BCUT2D eigenvalue weighted by Gasteiger charge is 2.74. The lowest BCUT2D eigenvalue weighted by atomic mass is 9.92. The average Bonchev–Trinajstić information content (AvgIpc) is 3.35. The molecule has 3 N–H and O–H groups in total. The number of nitro groups is 1. The van der Waals surface area contributed by atoms with Crippen LogP contribution in [0.25, 0.3) is 0 Å². The lowest BCUT2D eigenvalue weighted by molar-refractivity contribution is -0.384. The van der Waals surface area contributed by atoms with Crippen molar-refractivity contribution in [2.75, 3.05) is 0 Å². The molecule has 2 fully saturated rings. The maximum atomic E-state index is 14.1. The molecule has 5 rings (SSSR count). The van der Waals surface area contributed by atoms with Crippen molar-refractivity contribution in [2.45, 2.75) is 68.8 Å². The lowest BCUT2D eigenvalue weighted by Crippen LogP contribution is -2.82. The molecule has 2 heterocycles. The molecule has 19 heteroatoms. The van der Waals surface area contributed by atoms with E-state index in [2.05, 4.69) is 16.0 Å². The molecule has 55 heavy (non-hydrogen) atoms. The predicted molar refractivity (Wildman–Crippen MR) is 191 cm³/mol. The van der Waals surface area contributed by atoms with Gasteiger partial charge in [0, 0.05) is 30.7 Å². The van der Waals surface area contributed by atoms with E-state index >= 15 is 0 Å². The minimum atomic E-state index is -1.67. The van der Waals surface area contributed by atoms with E-state index in [9.17, 15) is 43.7 Å². The predicted octanol–water partition coefficient (Wildman–Crippen LogP) is 2.78. The third kappa shape index (κ3) is 8.67. The molecular formula is C36H35N5O13S. The van der Waals surface area contributed by atoms with Crippen LogP contribution >= 0.6 is 11.8 Å². The van der Waals surface area contributed by atoms with Crippen molar-refractivity contribution in [1.29, 1.82) is 0 Å².